The number of rotatable bonds is 7. The molecular weight excluding hydrogens is 402 g/mol. The van der Waals surface area contributed by atoms with E-state index in [1.54, 1.807) is 4.68 Å². The maximum atomic E-state index is 12.0. The van der Waals surface area contributed by atoms with E-state index < -0.39 is 5.91 Å². The zero-order valence-corrected chi connectivity index (χ0v) is 16.8. The number of fused-ring (bicyclic) bond motifs is 1. The normalized spacial score (nSPS) is 11.0. The van der Waals surface area contributed by atoms with Gasteiger partial charge in [0.2, 0.25) is 0 Å². The van der Waals surface area contributed by atoms with Crippen molar-refractivity contribution in [3.05, 3.63) is 72.4 Å². The standard InChI is InChI=1S/C21H19N5O3S/c1-24-15-4-2-3-13(11-15)14-5-10-18-19(12-14)26(25-20(18)21(22)27)16-6-8-17(9-7-16)30-29-28-23/h2-12,24H,23H2,1H3,(H2,22,27). The van der Waals surface area contributed by atoms with Crippen molar-refractivity contribution in [2.24, 2.45) is 11.6 Å². The van der Waals surface area contributed by atoms with Crippen LogP contribution in [0.15, 0.2) is 71.6 Å². The highest BCUT2D eigenvalue weighted by atomic mass is 32.2. The van der Waals surface area contributed by atoms with Crippen LogP contribution in [0.5, 0.6) is 0 Å². The Hall–Kier alpha value is -3.37. The third-order valence-electron chi connectivity index (χ3n) is 4.65. The molecule has 1 heterocycles. The number of hydrogen-bond acceptors (Lipinski definition) is 7. The van der Waals surface area contributed by atoms with Gasteiger partial charge in [-0.15, -0.1) is 9.32 Å². The highest BCUT2D eigenvalue weighted by Crippen LogP contribution is 2.30. The molecule has 3 aromatic carbocycles. The summed E-state index contributed by atoms with van der Waals surface area (Å²) in [5, 5.41) is 8.30. The van der Waals surface area contributed by atoms with Gasteiger partial charge in [-0.1, -0.05) is 18.2 Å². The largest absolute Gasteiger partial charge is 0.388 e. The monoisotopic (exact) mass is 421 g/mol. The molecule has 4 aromatic rings. The van der Waals surface area contributed by atoms with Gasteiger partial charge in [-0.25, -0.2) is 4.68 Å². The third-order valence-corrected chi connectivity index (χ3v) is 5.26. The van der Waals surface area contributed by atoms with E-state index in [0.29, 0.717) is 5.39 Å². The SMILES string of the molecule is CNc1cccc(-c2ccc3c(C(N)=O)nn(-c4ccc(SOON)cc4)c3c2)c1. The highest BCUT2D eigenvalue weighted by Gasteiger charge is 2.17. The predicted molar refractivity (Wildman–Crippen MR) is 117 cm³/mol. The van der Waals surface area contributed by atoms with E-state index in [4.69, 9.17) is 11.6 Å². The lowest BCUT2D eigenvalue weighted by Gasteiger charge is -2.08. The average Bonchev–Trinajstić information content (AvgIpc) is 3.17. The number of hydrogen-bond donors (Lipinski definition) is 3. The molecule has 1 aromatic heterocycles. The molecule has 0 aliphatic heterocycles. The van der Waals surface area contributed by atoms with Crippen molar-refractivity contribution in [1.82, 2.24) is 9.78 Å². The maximum Gasteiger partial charge on any atom is 0.269 e. The maximum absolute atomic E-state index is 12.0. The van der Waals surface area contributed by atoms with Crippen molar-refractivity contribution in [1.29, 1.82) is 0 Å². The van der Waals surface area contributed by atoms with Gasteiger partial charge in [0.05, 0.1) is 23.2 Å². The van der Waals surface area contributed by atoms with E-state index in [0.717, 1.165) is 45.0 Å². The summed E-state index contributed by atoms with van der Waals surface area (Å²) in [5.41, 5.74) is 10.4. The Kier molecular flexibility index (Phi) is 5.68. The molecule has 0 aliphatic rings. The number of aromatic nitrogens is 2. The van der Waals surface area contributed by atoms with Crippen molar-refractivity contribution < 1.29 is 14.1 Å². The van der Waals surface area contributed by atoms with E-state index in [9.17, 15) is 4.79 Å². The van der Waals surface area contributed by atoms with Gasteiger partial charge < -0.3 is 11.1 Å². The molecule has 0 spiro atoms. The fourth-order valence-electron chi connectivity index (χ4n) is 3.23. The molecule has 0 unspecified atom stereocenters. The van der Waals surface area contributed by atoms with Crippen LogP contribution < -0.4 is 16.9 Å². The summed E-state index contributed by atoms with van der Waals surface area (Å²) in [4.78, 5) is 16.9. The van der Waals surface area contributed by atoms with Crippen LogP contribution in [0.2, 0.25) is 0 Å². The first-order valence-corrected chi connectivity index (χ1v) is 9.76. The van der Waals surface area contributed by atoms with Crippen molar-refractivity contribution in [3.63, 3.8) is 0 Å². The van der Waals surface area contributed by atoms with Gasteiger partial charge in [-0.05, 0) is 59.7 Å². The fraction of sp³-hybridized carbons (Fsp3) is 0.0476. The number of nitrogens with two attached hydrogens (primary N) is 2. The van der Waals surface area contributed by atoms with Crippen LogP contribution in [0.4, 0.5) is 5.69 Å². The molecule has 30 heavy (non-hydrogen) atoms. The first-order chi connectivity index (χ1) is 14.6. The van der Waals surface area contributed by atoms with E-state index in [-0.39, 0.29) is 5.69 Å². The molecule has 1 amide bonds. The average molecular weight is 421 g/mol. The summed E-state index contributed by atoms with van der Waals surface area (Å²) in [6.07, 6.45) is 0. The number of nitrogens with zero attached hydrogens (tertiary/aromatic N) is 2. The van der Waals surface area contributed by atoms with Crippen LogP contribution in [0.3, 0.4) is 0 Å². The molecule has 0 bridgehead atoms. The Balaban J connectivity index is 1.83. The molecule has 0 fully saturated rings. The molecule has 0 saturated carbocycles. The van der Waals surface area contributed by atoms with Gasteiger partial charge in [0.25, 0.3) is 5.91 Å². The van der Waals surface area contributed by atoms with Crippen LogP contribution in [0.25, 0.3) is 27.7 Å². The third kappa shape index (κ3) is 3.87. The number of benzene rings is 3. The molecule has 152 valence electrons. The van der Waals surface area contributed by atoms with Crippen LogP contribution >= 0.6 is 12.0 Å². The van der Waals surface area contributed by atoms with E-state index in [1.807, 2.05) is 67.7 Å². The number of amides is 1. The van der Waals surface area contributed by atoms with Crippen LogP contribution in [0.1, 0.15) is 10.5 Å². The van der Waals surface area contributed by atoms with Gasteiger partial charge in [-0.2, -0.15) is 11.0 Å². The number of primary amides is 1. The number of anilines is 1. The second-order valence-electron chi connectivity index (χ2n) is 6.43. The quantitative estimate of drug-likeness (QED) is 0.237. The second kappa shape index (κ2) is 8.56. The Morgan fingerprint density at radius 1 is 1.07 bits per heavy atom. The number of carbonyl (C=O) groups excluding carboxylic acids is 1. The van der Waals surface area contributed by atoms with Crippen LogP contribution in [-0.2, 0) is 9.32 Å². The summed E-state index contributed by atoms with van der Waals surface area (Å²) in [6.45, 7) is 0. The number of nitrogens with one attached hydrogen (secondary N) is 1. The first kappa shape index (κ1) is 19.9. The molecule has 8 nitrogen and oxygen atoms in total. The van der Waals surface area contributed by atoms with Crippen LogP contribution in [0, 0.1) is 0 Å². The lowest BCUT2D eigenvalue weighted by Crippen LogP contribution is -2.12. The fourth-order valence-corrected chi connectivity index (χ4v) is 3.59. The second-order valence-corrected chi connectivity index (χ2v) is 7.20. The smallest absolute Gasteiger partial charge is 0.269 e. The Labute approximate surface area is 176 Å². The molecular formula is C21H19N5O3S. The lowest BCUT2D eigenvalue weighted by atomic mass is 10.0. The molecule has 9 heteroatoms. The van der Waals surface area contributed by atoms with E-state index >= 15 is 0 Å². The summed E-state index contributed by atoms with van der Waals surface area (Å²) in [5.74, 6) is 4.29. The van der Waals surface area contributed by atoms with Gasteiger partial charge in [0.1, 0.15) is 0 Å². The Morgan fingerprint density at radius 3 is 2.53 bits per heavy atom. The highest BCUT2D eigenvalue weighted by molar-refractivity contribution is 7.94. The van der Waals surface area contributed by atoms with Gasteiger partial charge in [0.15, 0.2) is 5.69 Å². The zero-order chi connectivity index (χ0) is 21.1. The Morgan fingerprint density at radius 2 is 1.83 bits per heavy atom. The molecule has 0 aliphatic carbocycles. The topological polar surface area (TPSA) is 117 Å². The first-order valence-electron chi connectivity index (χ1n) is 9.02. The van der Waals surface area contributed by atoms with Crippen molar-refractivity contribution in [2.45, 2.75) is 4.90 Å². The minimum absolute atomic E-state index is 0.221. The van der Waals surface area contributed by atoms with Crippen molar-refractivity contribution in [2.75, 3.05) is 12.4 Å². The number of carbonyl (C=O) groups is 1. The predicted octanol–water partition coefficient (Wildman–Crippen LogP) is 3.66. The summed E-state index contributed by atoms with van der Waals surface area (Å²) < 4.78 is 6.36. The summed E-state index contributed by atoms with van der Waals surface area (Å²) in [6, 6.07) is 21.3. The minimum atomic E-state index is -0.579. The zero-order valence-electron chi connectivity index (χ0n) is 16.0. The van der Waals surface area contributed by atoms with Gasteiger partial charge in [0, 0.05) is 23.0 Å². The van der Waals surface area contributed by atoms with Crippen LogP contribution in [-0.4, -0.2) is 22.7 Å². The molecule has 4 rings (SSSR count). The van der Waals surface area contributed by atoms with Crippen molar-refractivity contribution >= 4 is 34.5 Å². The molecule has 0 atom stereocenters. The van der Waals surface area contributed by atoms with Crippen molar-refractivity contribution in [3.8, 4) is 16.8 Å². The van der Waals surface area contributed by atoms with Gasteiger partial charge in [-0.3, -0.25) is 4.79 Å². The summed E-state index contributed by atoms with van der Waals surface area (Å²) in [7, 11) is 1.88. The van der Waals surface area contributed by atoms with E-state index in [2.05, 4.69) is 25.8 Å². The summed E-state index contributed by atoms with van der Waals surface area (Å²) >= 11 is 0.984. The molecule has 5 N–H and O–H groups in total. The Bertz CT molecular complexity index is 1210. The molecule has 0 radical (unpaired) electrons. The lowest BCUT2D eigenvalue weighted by molar-refractivity contribution is -0.195. The molecule has 0 saturated heterocycles. The van der Waals surface area contributed by atoms with Gasteiger partial charge >= 0.3 is 0 Å². The van der Waals surface area contributed by atoms with E-state index in [1.165, 1.54) is 0 Å². The minimum Gasteiger partial charge on any atom is -0.388 e.